The van der Waals surface area contributed by atoms with E-state index in [-0.39, 0.29) is 5.57 Å². The molecule has 0 rings (SSSR count). The Labute approximate surface area is 70.4 Å². The highest BCUT2D eigenvalue weighted by atomic mass is 32.2. The lowest BCUT2D eigenvalue weighted by atomic mass is 10.4. The van der Waals surface area contributed by atoms with Crippen molar-refractivity contribution in [3.8, 4) is 0 Å². The quantitative estimate of drug-likeness (QED) is 0.625. The van der Waals surface area contributed by atoms with Gasteiger partial charge in [-0.2, -0.15) is 16.8 Å². The van der Waals surface area contributed by atoms with Gasteiger partial charge in [-0.25, -0.2) is 0 Å². The van der Waals surface area contributed by atoms with Crippen LogP contribution in [0, 0.1) is 0 Å². The van der Waals surface area contributed by atoms with E-state index in [4.69, 9.17) is 9.11 Å². The van der Waals surface area contributed by atoms with Crippen molar-refractivity contribution in [3.05, 3.63) is 11.0 Å². The maximum atomic E-state index is 10.2. The van der Waals surface area contributed by atoms with Gasteiger partial charge in [-0.15, -0.1) is 0 Å². The molecule has 0 aromatic rings. The van der Waals surface area contributed by atoms with Gasteiger partial charge in [-0.3, -0.25) is 9.11 Å². The van der Waals surface area contributed by atoms with Gasteiger partial charge in [0, 0.05) is 0 Å². The van der Waals surface area contributed by atoms with E-state index < -0.39 is 26.0 Å². The average Bonchev–Trinajstić information content (AvgIpc) is 1.49. The molecule has 0 amide bonds. The van der Waals surface area contributed by atoms with Crippen molar-refractivity contribution in [1.29, 1.82) is 0 Å². The van der Waals surface area contributed by atoms with Gasteiger partial charge in [0.1, 0.15) is 0 Å². The fraction of sp³-hybridized carbons (Fsp3) is 0.500. The van der Waals surface area contributed by atoms with Crippen LogP contribution in [-0.2, 0) is 20.2 Å². The van der Waals surface area contributed by atoms with Gasteiger partial charge in [-0.1, -0.05) is 0 Å². The smallest absolute Gasteiger partial charge is 0.285 e. The molecule has 72 valence electrons. The third-order valence-electron chi connectivity index (χ3n) is 0.760. The zero-order valence-corrected chi connectivity index (χ0v) is 7.76. The minimum absolute atomic E-state index is 0.167. The van der Waals surface area contributed by atoms with Crippen molar-refractivity contribution in [1.82, 2.24) is 0 Å². The molecule has 0 aliphatic rings. The minimum Gasteiger partial charge on any atom is -0.285 e. The highest BCUT2D eigenvalue weighted by Gasteiger charge is 2.08. The largest absolute Gasteiger partial charge is 0.287 e. The Morgan fingerprint density at radius 2 is 1.67 bits per heavy atom. The second-order valence-electron chi connectivity index (χ2n) is 2.21. The summed E-state index contributed by atoms with van der Waals surface area (Å²) in [6, 6.07) is 0. The predicted molar refractivity (Wildman–Crippen MR) is 41.7 cm³/mol. The fourth-order valence-corrected chi connectivity index (χ4v) is 1.93. The van der Waals surface area contributed by atoms with Gasteiger partial charge in [0.15, 0.2) is 0 Å². The molecule has 0 saturated carbocycles. The summed E-state index contributed by atoms with van der Waals surface area (Å²) in [6.07, 6.45) is 0. The predicted octanol–water partition coefficient (Wildman–Crippen LogP) is -0.334. The first-order valence-electron chi connectivity index (χ1n) is 2.70. The lowest BCUT2D eigenvalue weighted by Gasteiger charge is -1.95. The third kappa shape index (κ3) is 7.66. The van der Waals surface area contributed by atoms with Gasteiger partial charge >= 0.3 is 0 Å². The molecule has 0 aromatic heterocycles. The Kier molecular flexibility index (Phi) is 3.39. The Hall–Kier alpha value is -0.440. The van der Waals surface area contributed by atoms with Crippen LogP contribution in [0.5, 0.6) is 0 Å². The van der Waals surface area contributed by atoms with Crippen LogP contribution in [0.2, 0.25) is 0 Å². The standard InChI is InChI=1S/C4H8O6S2/c1-4(2-11(5,6)7)3-12(8,9)10/h2H,3H2,1H3,(H,5,6,7)(H,8,9,10)/b4-2-. The van der Waals surface area contributed by atoms with Crippen molar-refractivity contribution in [2.24, 2.45) is 0 Å². The first-order valence-corrected chi connectivity index (χ1v) is 5.81. The highest BCUT2D eigenvalue weighted by molar-refractivity contribution is 7.89. The molecule has 6 nitrogen and oxygen atoms in total. The number of rotatable bonds is 3. The van der Waals surface area contributed by atoms with Gasteiger partial charge in [0.25, 0.3) is 20.2 Å². The molecule has 0 saturated heterocycles. The van der Waals surface area contributed by atoms with Crippen LogP contribution in [0.15, 0.2) is 11.0 Å². The zero-order chi connectivity index (χ0) is 9.99. The highest BCUT2D eigenvalue weighted by Crippen LogP contribution is 2.00. The molecule has 0 aromatic carbocycles. The zero-order valence-electron chi connectivity index (χ0n) is 6.13. The Morgan fingerprint density at radius 1 is 1.25 bits per heavy atom. The summed E-state index contributed by atoms with van der Waals surface area (Å²) in [6.45, 7) is 1.15. The molecular weight excluding hydrogens is 208 g/mol. The first-order chi connectivity index (χ1) is 5.10. The van der Waals surface area contributed by atoms with E-state index in [1.165, 1.54) is 0 Å². The summed E-state index contributed by atoms with van der Waals surface area (Å²) >= 11 is 0. The lowest BCUT2D eigenvalue weighted by molar-refractivity contribution is 0.486. The molecular formula is C4H8O6S2. The molecule has 12 heavy (non-hydrogen) atoms. The van der Waals surface area contributed by atoms with Crippen molar-refractivity contribution >= 4 is 20.2 Å². The minimum atomic E-state index is -4.33. The van der Waals surface area contributed by atoms with Crippen LogP contribution in [0.3, 0.4) is 0 Å². The molecule has 0 bridgehead atoms. The monoisotopic (exact) mass is 216 g/mol. The van der Waals surface area contributed by atoms with Gasteiger partial charge in [0.2, 0.25) is 0 Å². The van der Waals surface area contributed by atoms with E-state index in [0.717, 1.165) is 6.92 Å². The topological polar surface area (TPSA) is 109 Å². The summed E-state index contributed by atoms with van der Waals surface area (Å²) in [5.74, 6) is -0.813. The van der Waals surface area contributed by atoms with E-state index in [0.29, 0.717) is 5.41 Å². The third-order valence-corrected chi connectivity index (χ3v) is 2.28. The van der Waals surface area contributed by atoms with Crippen molar-refractivity contribution in [2.75, 3.05) is 5.75 Å². The molecule has 0 atom stereocenters. The van der Waals surface area contributed by atoms with Crippen molar-refractivity contribution < 1.29 is 25.9 Å². The fourth-order valence-electron chi connectivity index (χ4n) is 0.576. The van der Waals surface area contributed by atoms with Crippen LogP contribution in [0.4, 0.5) is 0 Å². The van der Waals surface area contributed by atoms with Crippen LogP contribution >= 0.6 is 0 Å². The molecule has 0 fully saturated rings. The number of hydrogen-bond acceptors (Lipinski definition) is 4. The Morgan fingerprint density at radius 3 is 1.92 bits per heavy atom. The van der Waals surface area contributed by atoms with Gasteiger partial charge < -0.3 is 0 Å². The molecule has 8 heteroatoms. The van der Waals surface area contributed by atoms with Crippen molar-refractivity contribution in [3.63, 3.8) is 0 Å². The van der Waals surface area contributed by atoms with Crippen molar-refractivity contribution in [2.45, 2.75) is 6.92 Å². The maximum Gasteiger partial charge on any atom is 0.287 e. The maximum absolute atomic E-state index is 10.2. The van der Waals surface area contributed by atoms with E-state index in [1.54, 1.807) is 0 Å². The molecule has 0 heterocycles. The Balaban J connectivity index is 4.67. The first kappa shape index (κ1) is 11.6. The molecule has 0 spiro atoms. The van der Waals surface area contributed by atoms with Crippen LogP contribution < -0.4 is 0 Å². The molecule has 0 unspecified atom stereocenters. The van der Waals surface area contributed by atoms with Crippen LogP contribution in [0.1, 0.15) is 6.92 Å². The molecule has 0 aliphatic carbocycles. The summed E-state index contributed by atoms with van der Waals surface area (Å²) in [5.41, 5.74) is -0.167. The Bertz CT molecular complexity index is 372. The normalized spacial score (nSPS) is 14.8. The van der Waals surface area contributed by atoms with Gasteiger partial charge in [0.05, 0.1) is 11.2 Å². The van der Waals surface area contributed by atoms with Crippen LogP contribution in [0.25, 0.3) is 0 Å². The molecule has 0 aliphatic heterocycles. The van der Waals surface area contributed by atoms with E-state index in [2.05, 4.69) is 0 Å². The summed E-state index contributed by atoms with van der Waals surface area (Å²) in [5, 5.41) is 0.362. The van der Waals surface area contributed by atoms with E-state index in [1.807, 2.05) is 0 Å². The second-order valence-corrected chi connectivity index (χ2v) is 4.92. The summed E-state index contributed by atoms with van der Waals surface area (Å²) < 4.78 is 57.0. The van der Waals surface area contributed by atoms with E-state index >= 15 is 0 Å². The second kappa shape index (κ2) is 3.52. The lowest BCUT2D eigenvalue weighted by Crippen LogP contribution is -2.06. The molecule has 0 radical (unpaired) electrons. The molecule has 2 N–H and O–H groups in total. The average molecular weight is 216 g/mol. The summed E-state index contributed by atoms with van der Waals surface area (Å²) in [7, 11) is -8.57. The summed E-state index contributed by atoms with van der Waals surface area (Å²) in [4.78, 5) is 0. The van der Waals surface area contributed by atoms with Gasteiger partial charge in [-0.05, 0) is 12.5 Å². The van der Waals surface area contributed by atoms with Crippen LogP contribution in [-0.4, -0.2) is 31.7 Å². The number of hydrogen-bond donors (Lipinski definition) is 2. The van der Waals surface area contributed by atoms with E-state index in [9.17, 15) is 16.8 Å². The SMILES string of the molecule is C/C(=C/S(=O)(=O)O)CS(=O)(=O)O.